The van der Waals surface area contributed by atoms with Gasteiger partial charge in [-0.15, -0.1) is 0 Å². The molecule has 0 radical (unpaired) electrons. The highest BCUT2D eigenvalue weighted by Gasteiger charge is 2.18. The molecule has 0 N–H and O–H groups in total. The summed E-state index contributed by atoms with van der Waals surface area (Å²) in [6.45, 7) is 3.86. The van der Waals surface area contributed by atoms with Crippen molar-refractivity contribution in [3.05, 3.63) is 72.5 Å². The van der Waals surface area contributed by atoms with E-state index < -0.39 is 0 Å². The summed E-state index contributed by atoms with van der Waals surface area (Å²) >= 11 is 0. The largest absolute Gasteiger partial charge is 0.368 e. The van der Waals surface area contributed by atoms with Gasteiger partial charge in [0.1, 0.15) is 5.82 Å². The molecule has 0 aromatic heterocycles. The van der Waals surface area contributed by atoms with Gasteiger partial charge in [0.05, 0.1) is 0 Å². The Hall–Kier alpha value is -2.55. The van der Waals surface area contributed by atoms with E-state index in [-0.39, 0.29) is 5.82 Å². The molecule has 23 heavy (non-hydrogen) atoms. The van der Waals surface area contributed by atoms with E-state index in [1.165, 1.54) is 28.6 Å². The quantitative estimate of drug-likeness (QED) is 0.696. The molecule has 3 heteroatoms. The number of nitrogens with zero attached hydrogens (tertiary/aromatic N) is 2. The van der Waals surface area contributed by atoms with Crippen LogP contribution in [0, 0.1) is 5.82 Å². The molecule has 116 valence electrons. The molecule has 0 spiro atoms. The molecule has 0 saturated carbocycles. The summed E-state index contributed by atoms with van der Waals surface area (Å²) in [6.07, 6.45) is 0. The number of piperazine rings is 1. The number of hydrogen-bond acceptors (Lipinski definition) is 2. The Balaban J connectivity index is 1.54. The lowest BCUT2D eigenvalue weighted by molar-refractivity contribution is 0.625. The molecule has 2 nitrogen and oxygen atoms in total. The highest BCUT2D eigenvalue weighted by Crippen LogP contribution is 2.28. The van der Waals surface area contributed by atoms with Gasteiger partial charge in [0.25, 0.3) is 0 Å². The zero-order valence-electron chi connectivity index (χ0n) is 13.0. The minimum absolute atomic E-state index is 0.178. The highest BCUT2D eigenvalue weighted by atomic mass is 19.1. The van der Waals surface area contributed by atoms with E-state index in [2.05, 4.69) is 52.3 Å². The molecular weight excluding hydrogens is 287 g/mol. The molecule has 0 bridgehead atoms. The highest BCUT2D eigenvalue weighted by molar-refractivity contribution is 5.94. The molecule has 1 heterocycles. The maximum absolute atomic E-state index is 13.1. The fourth-order valence-corrected chi connectivity index (χ4v) is 3.34. The molecule has 1 aliphatic heterocycles. The van der Waals surface area contributed by atoms with Gasteiger partial charge in [0.2, 0.25) is 0 Å². The number of fused-ring (bicyclic) bond motifs is 1. The average molecular weight is 306 g/mol. The van der Waals surface area contributed by atoms with Crippen molar-refractivity contribution in [3.8, 4) is 0 Å². The van der Waals surface area contributed by atoms with Crippen molar-refractivity contribution < 1.29 is 4.39 Å². The Morgan fingerprint density at radius 1 is 0.652 bits per heavy atom. The fraction of sp³-hybridized carbons (Fsp3) is 0.200. The molecule has 0 atom stereocenters. The number of rotatable bonds is 2. The van der Waals surface area contributed by atoms with Crippen molar-refractivity contribution in [2.24, 2.45) is 0 Å². The van der Waals surface area contributed by atoms with Crippen LogP contribution < -0.4 is 9.80 Å². The predicted octanol–water partition coefficient (Wildman–Crippen LogP) is 4.31. The van der Waals surface area contributed by atoms with Crippen molar-refractivity contribution in [3.63, 3.8) is 0 Å². The molecule has 4 rings (SSSR count). The molecule has 3 aromatic rings. The van der Waals surface area contributed by atoms with Crippen LogP contribution in [-0.4, -0.2) is 26.2 Å². The van der Waals surface area contributed by atoms with Crippen molar-refractivity contribution in [2.75, 3.05) is 36.0 Å². The van der Waals surface area contributed by atoms with Gasteiger partial charge in [-0.2, -0.15) is 0 Å². The molecule has 0 aliphatic carbocycles. The Labute approximate surface area is 135 Å². The van der Waals surface area contributed by atoms with Crippen molar-refractivity contribution in [1.29, 1.82) is 0 Å². The zero-order valence-corrected chi connectivity index (χ0v) is 13.0. The normalized spacial score (nSPS) is 15.2. The van der Waals surface area contributed by atoms with Crippen molar-refractivity contribution in [2.45, 2.75) is 0 Å². The summed E-state index contributed by atoms with van der Waals surface area (Å²) in [4.78, 5) is 4.77. The Morgan fingerprint density at radius 2 is 1.30 bits per heavy atom. The van der Waals surface area contributed by atoms with Crippen LogP contribution in [0.1, 0.15) is 0 Å². The van der Waals surface area contributed by atoms with E-state index in [4.69, 9.17) is 0 Å². The second kappa shape index (κ2) is 5.92. The lowest BCUT2D eigenvalue weighted by Crippen LogP contribution is -2.46. The van der Waals surface area contributed by atoms with Crippen LogP contribution >= 0.6 is 0 Å². The summed E-state index contributed by atoms with van der Waals surface area (Å²) in [5.41, 5.74) is 2.41. The fourth-order valence-electron chi connectivity index (χ4n) is 3.34. The molecule has 0 unspecified atom stereocenters. The lowest BCUT2D eigenvalue weighted by atomic mass is 10.1. The van der Waals surface area contributed by atoms with Crippen LogP contribution in [0.2, 0.25) is 0 Å². The molecular formula is C20H19FN2. The number of benzene rings is 3. The van der Waals surface area contributed by atoms with Gasteiger partial charge in [-0.3, -0.25) is 0 Å². The average Bonchev–Trinajstić information content (AvgIpc) is 2.62. The van der Waals surface area contributed by atoms with Gasteiger partial charge in [-0.1, -0.05) is 36.4 Å². The second-order valence-electron chi connectivity index (χ2n) is 5.95. The third-order valence-electron chi connectivity index (χ3n) is 4.58. The molecule has 1 fully saturated rings. The Bertz CT molecular complexity index is 800. The van der Waals surface area contributed by atoms with E-state index in [0.717, 1.165) is 31.9 Å². The lowest BCUT2D eigenvalue weighted by Gasteiger charge is -2.37. The van der Waals surface area contributed by atoms with E-state index in [1.807, 2.05) is 12.1 Å². The standard InChI is InChI=1S/C20H19FN2/c21-17-8-10-18(11-9-17)22-12-14-23(15-13-22)20-7-3-5-16-4-1-2-6-19(16)20/h1-11H,12-15H2. The summed E-state index contributed by atoms with van der Waals surface area (Å²) in [7, 11) is 0. The number of hydrogen-bond donors (Lipinski definition) is 0. The molecule has 1 saturated heterocycles. The number of halogens is 1. The summed E-state index contributed by atoms with van der Waals surface area (Å²) < 4.78 is 13.1. The van der Waals surface area contributed by atoms with Gasteiger partial charge >= 0.3 is 0 Å². The van der Waals surface area contributed by atoms with Crippen LogP contribution in [-0.2, 0) is 0 Å². The molecule has 1 aliphatic rings. The third kappa shape index (κ3) is 2.74. The summed E-state index contributed by atoms with van der Waals surface area (Å²) in [5.74, 6) is -0.178. The molecule has 3 aromatic carbocycles. The first kappa shape index (κ1) is 14.1. The minimum atomic E-state index is -0.178. The van der Waals surface area contributed by atoms with Gasteiger partial charge in [0, 0.05) is 42.9 Å². The topological polar surface area (TPSA) is 6.48 Å². The first-order chi connectivity index (χ1) is 11.3. The number of anilines is 2. The van der Waals surface area contributed by atoms with Gasteiger partial charge in [0.15, 0.2) is 0 Å². The minimum Gasteiger partial charge on any atom is -0.368 e. The maximum Gasteiger partial charge on any atom is 0.123 e. The predicted molar refractivity (Wildman–Crippen MR) is 94.8 cm³/mol. The molecule has 0 amide bonds. The van der Waals surface area contributed by atoms with Gasteiger partial charge in [-0.25, -0.2) is 4.39 Å². The first-order valence-electron chi connectivity index (χ1n) is 8.04. The van der Waals surface area contributed by atoms with Crippen LogP contribution in [0.3, 0.4) is 0 Å². The van der Waals surface area contributed by atoms with E-state index in [9.17, 15) is 4.39 Å². The van der Waals surface area contributed by atoms with Crippen LogP contribution in [0.4, 0.5) is 15.8 Å². The van der Waals surface area contributed by atoms with Crippen molar-refractivity contribution >= 4 is 22.1 Å². The summed E-state index contributed by atoms with van der Waals surface area (Å²) in [6, 6.07) is 21.8. The van der Waals surface area contributed by atoms with E-state index in [1.54, 1.807) is 0 Å². The second-order valence-corrected chi connectivity index (χ2v) is 5.95. The first-order valence-corrected chi connectivity index (χ1v) is 8.04. The third-order valence-corrected chi connectivity index (χ3v) is 4.58. The van der Waals surface area contributed by atoms with E-state index in [0.29, 0.717) is 0 Å². The van der Waals surface area contributed by atoms with Gasteiger partial charge in [-0.05, 0) is 35.7 Å². The maximum atomic E-state index is 13.1. The zero-order chi connectivity index (χ0) is 15.6. The van der Waals surface area contributed by atoms with Crippen molar-refractivity contribution in [1.82, 2.24) is 0 Å². The summed E-state index contributed by atoms with van der Waals surface area (Å²) in [5, 5.41) is 2.59. The van der Waals surface area contributed by atoms with E-state index >= 15 is 0 Å². The Kier molecular flexibility index (Phi) is 3.62. The Morgan fingerprint density at radius 3 is 2.09 bits per heavy atom. The van der Waals surface area contributed by atoms with Gasteiger partial charge < -0.3 is 9.80 Å². The van der Waals surface area contributed by atoms with Crippen LogP contribution in [0.15, 0.2) is 66.7 Å². The van der Waals surface area contributed by atoms with Crippen LogP contribution in [0.5, 0.6) is 0 Å². The smallest absolute Gasteiger partial charge is 0.123 e. The monoisotopic (exact) mass is 306 g/mol. The SMILES string of the molecule is Fc1ccc(N2CCN(c3cccc4ccccc34)CC2)cc1. The van der Waals surface area contributed by atoms with Crippen LogP contribution in [0.25, 0.3) is 10.8 Å².